The fraction of sp³-hybridized carbons (Fsp3) is 0.286. The summed E-state index contributed by atoms with van der Waals surface area (Å²) in [6.45, 7) is 1.24. The molecule has 152 valence electrons. The number of anilines is 2. The molecule has 8 heteroatoms. The topological polar surface area (TPSA) is 123 Å². The van der Waals surface area contributed by atoms with Crippen LogP contribution in [0.1, 0.15) is 33.6 Å². The highest BCUT2D eigenvalue weighted by molar-refractivity contribution is 5.98. The van der Waals surface area contributed by atoms with Crippen molar-refractivity contribution in [2.75, 3.05) is 30.3 Å². The number of rotatable bonds is 8. The summed E-state index contributed by atoms with van der Waals surface area (Å²) in [6, 6.07) is 13.3. The number of hydrogen-bond donors (Lipinski definition) is 4. The van der Waals surface area contributed by atoms with Crippen molar-refractivity contribution < 1.29 is 19.1 Å². The van der Waals surface area contributed by atoms with E-state index < -0.39 is 5.91 Å². The van der Waals surface area contributed by atoms with Gasteiger partial charge < -0.3 is 26.4 Å². The Morgan fingerprint density at radius 3 is 2.48 bits per heavy atom. The summed E-state index contributed by atoms with van der Waals surface area (Å²) in [6.07, 6.45) is 2.06. The molecule has 0 spiro atoms. The van der Waals surface area contributed by atoms with Crippen LogP contribution in [-0.2, 0) is 9.53 Å². The molecule has 1 aliphatic rings. The molecule has 1 heterocycles. The Bertz CT molecular complexity index is 894. The van der Waals surface area contributed by atoms with Crippen LogP contribution >= 0.6 is 0 Å². The van der Waals surface area contributed by atoms with Crippen LogP contribution < -0.4 is 21.7 Å². The van der Waals surface area contributed by atoms with Gasteiger partial charge in [0.15, 0.2) is 0 Å². The van der Waals surface area contributed by atoms with Gasteiger partial charge in [0.1, 0.15) is 0 Å². The van der Waals surface area contributed by atoms with Crippen molar-refractivity contribution in [1.29, 1.82) is 0 Å². The van der Waals surface area contributed by atoms with Gasteiger partial charge in [-0.2, -0.15) is 0 Å². The average molecular weight is 396 g/mol. The first-order valence-electron chi connectivity index (χ1n) is 9.45. The first-order chi connectivity index (χ1) is 14.0. The molecule has 0 saturated carbocycles. The summed E-state index contributed by atoms with van der Waals surface area (Å²) in [4.78, 5) is 35.7. The minimum absolute atomic E-state index is 0.00177. The molecular weight excluding hydrogens is 372 g/mol. The average Bonchev–Trinajstić information content (AvgIpc) is 3.24. The Morgan fingerprint density at radius 2 is 1.76 bits per heavy atom. The number of primary amides is 1. The fourth-order valence-corrected chi connectivity index (χ4v) is 3.02. The molecule has 0 aliphatic carbocycles. The molecule has 1 atom stereocenters. The van der Waals surface area contributed by atoms with Gasteiger partial charge in [-0.25, -0.2) is 0 Å². The molecule has 1 aliphatic heterocycles. The molecule has 2 aromatic rings. The predicted molar refractivity (Wildman–Crippen MR) is 110 cm³/mol. The molecule has 29 heavy (non-hydrogen) atoms. The minimum Gasteiger partial charge on any atom is -0.376 e. The molecule has 1 saturated heterocycles. The van der Waals surface area contributed by atoms with E-state index in [2.05, 4.69) is 16.0 Å². The zero-order chi connectivity index (χ0) is 20.6. The van der Waals surface area contributed by atoms with Gasteiger partial charge in [-0.3, -0.25) is 14.4 Å². The van der Waals surface area contributed by atoms with Crippen LogP contribution in [-0.4, -0.2) is 43.5 Å². The zero-order valence-electron chi connectivity index (χ0n) is 15.9. The van der Waals surface area contributed by atoms with Crippen molar-refractivity contribution in [1.82, 2.24) is 5.32 Å². The quantitative estimate of drug-likeness (QED) is 0.541. The minimum atomic E-state index is -0.561. The van der Waals surface area contributed by atoms with Crippen LogP contribution in [0.25, 0.3) is 0 Å². The summed E-state index contributed by atoms with van der Waals surface area (Å²) in [5.74, 6) is -1.04. The standard InChI is InChI=1S/C21H24N4O4/c22-20(27)14-4-1-7-17(10-14)25-19(26)13-23-16-6-2-5-15(11-16)21(28)24-12-18-8-3-9-29-18/h1-2,4-7,10-11,18,23H,3,8-9,12-13H2,(H2,22,27)(H,24,28)(H,25,26). The van der Waals surface area contributed by atoms with E-state index in [9.17, 15) is 14.4 Å². The number of benzene rings is 2. The van der Waals surface area contributed by atoms with Crippen LogP contribution in [0.4, 0.5) is 11.4 Å². The smallest absolute Gasteiger partial charge is 0.251 e. The number of nitrogens with one attached hydrogen (secondary N) is 3. The zero-order valence-corrected chi connectivity index (χ0v) is 15.9. The van der Waals surface area contributed by atoms with E-state index in [1.54, 1.807) is 42.5 Å². The van der Waals surface area contributed by atoms with Crippen molar-refractivity contribution in [3.63, 3.8) is 0 Å². The number of carbonyl (C=O) groups is 3. The van der Waals surface area contributed by atoms with Gasteiger partial charge >= 0.3 is 0 Å². The van der Waals surface area contributed by atoms with E-state index in [-0.39, 0.29) is 24.5 Å². The van der Waals surface area contributed by atoms with Gasteiger partial charge in [0.05, 0.1) is 12.6 Å². The number of carbonyl (C=O) groups excluding carboxylic acids is 3. The Balaban J connectivity index is 1.50. The lowest BCUT2D eigenvalue weighted by Crippen LogP contribution is -2.31. The second-order valence-electron chi connectivity index (χ2n) is 6.77. The maximum atomic E-state index is 12.3. The van der Waals surface area contributed by atoms with Gasteiger partial charge in [0, 0.05) is 35.7 Å². The van der Waals surface area contributed by atoms with Crippen LogP contribution in [0.15, 0.2) is 48.5 Å². The molecule has 1 fully saturated rings. The fourth-order valence-electron chi connectivity index (χ4n) is 3.02. The number of ether oxygens (including phenoxy) is 1. The van der Waals surface area contributed by atoms with Gasteiger partial charge in [-0.15, -0.1) is 0 Å². The van der Waals surface area contributed by atoms with Gasteiger partial charge in [0.2, 0.25) is 11.8 Å². The maximum absolute atomic E-state index is 12.3. The number of nitrogens with two attached hydrogens (primary N) is 1. The van der Waals surface area contributed by atoms with Gasteiger partial charge in [0.25, 0.3) is 5.91 Å². The lowest BCUT2D eigenvalue weighted by atomic mass is 10.1. The summed E-state index contributed by atoms with van der Waals surface area (Å²) in [5.41, 5.74) is 7.19. The lowest BCUT2D eigenvalue weighted by Gasteiger charge is -2.12. The van der Waals surface area contributed by atoms with Crippen molar-refractivity contribution in [2.45, 2.75) is 18.9 Å². The Morgan fingerprint density at radius 1 is 1.03 bits per heavy atom. The maximum Gasteiger partial charge on any atom is 0.251 e. The van der Waals surface area contributed by atoms with Crippen LogP contribution in [0.2, 0.25) is 0 Å². The molecule has 0 bridgehead atoms. The Hall–Kier alpha value is -3.39. The van der Waals surface area contributed by atoms with E-state index in [0.717, 1.165) is 19.4 Å². The first kappa shape index (κ1) is 20.3. The van der Waals surface area contributed by atoms with Crippen molar-refractivity contribution in [2.24, 2.45) is 5.73 Å². The highest BCUT2D eigenvalue weighted by Gasteiger charge is 2.16. The summed E-state index contributed by atoms with van der Waals surface area (Å²) in [7, 11) is 0. The largest absolute Gasteiger partial charge is 0.376 e. The van der Waals surface area contributed by atoms with E-state index in [1.165, 1.54) is 6.07 Å². The highest BCUT2D eigenvalue weighted by atomic mass is 16.5. The summed E-state index contributed by atoms with van der Waals surface area (Å²) >= 11 is 0. The molecule has 8 nitrogen and oxygen atoms in total. The third-order valence-electron chi connectivity index (χ3n) is 4.52. The number of hydrogen-bond acceptors (Lipinski definition) is 5. The van der Waals surface area contributed by atoms with E-state index >= 15 is 0 Å². The van der Waals surface area contributed by atoms with Gasteiger partial charge in [-0.05, 0) is 49.2 Å². The van der Waals surface area contributed by atoms with E-state index in [0.29, 0.717) is 29.0 Å². The van der Waals surface area contributed by atoms with Crippen LogP contribution in [0, 0.1) is 0 Å². The summed E-state index contributed by atoms with van der Waals surface area (Å²) < 4.78 is 5.50. The van der Waals surface area contributed by atoms with E-state index in [1.807, 2.05) is 0 Å². The van der Waals surface area contributed by atoms with Crippen molar-refractivity contribution in [3.05, 3.63) is 59.7 Å². The third kappa shape index (κ3) is 6.05. The van der Waals surface area contributed by atoms with Crippen molar-refractivity contribution in [3.8, 4) is 0 Å². The molecule has 0 aromatic heterocycles. The normalized spacial score (nSPS) is 15.5. The predicted octanol–water partition coefficient (Wildman–Crippen LogP) is 1.74. The highest BCUT2D eigenvalue weighted by Crippen LogP contribution is 2.13. The molecule has 3 amide bonds. The second-order valence-corrected chi connectivity index (χ2v) is 6.77. The second kappa shape index (κ2) is 9.70. The molecule has 1 unspecified atom stereocenters. The molecule has 2 aromatic carbocycles. The molecule has 3 rings (SSSR count). The summed E-state index contributed by atoms with van der Waals surface area (Å²) in [5, 5.41) is 8.55. The SMILES string of the molecule is NC(=O)c1cccc(NC(=O)CNc2cccc(C(=O)NCC3CCCO3)c2)c1. The van der Waals surface area contributed by atoms with Gasteiger partial charge in [-0.1, -0.05) is 12.1 Å². The monoisotopic (exact) mass is 396 g/mol. The lowest BCUT2D eigenvalue weighted by molar-refractivity contribution is -0.114. The van der Waals surface area contributed by atoms with Crippen LogP contribution in [0.5, 0.6) is 0 Å². The van der Waals surface area contributed by atoms with Crippen LogP contribution in [0.3, 0.4) is 0 Å². The first-order valence-corrected chi connectivity index (χ1v) is 9.45. The Labute approximate surface area is 168 Å². The van der Waals surface area contributed by atoms with E-state index in [4.69, 9.17) is 10.5 Å². The Kier molecular flexibility index (Phi) is 6.80. The molecular formula is C21H24N4O4. The number of amides is 3. The third-order valence-corrected chi connectivity index (χ3v) is 4.52. The van der Waals surface area contributed by atoms with Crippen molar-refractivity contribution >= 4 is 29.1 Å². The molecule has 5 N–H and O–H groups in total. The molecule has 0 radical (unpaired) electrons.